The molecular weight excluding hydrogens is 250 g/mol. The van der Waals surface area contributed by atoms with Gasteiger partial charge in [0.15, 0.2) is 0 Å². The van der Waals surface area contributed by atoms with Gasteiger partial charge in [0.2, 0.25) is 0 Å². The lowest BCUT2D eigenvalue weighted by Crippen LogP contribution is -2.36. The van der Waals surface area contributed by atoms with Crippen LogP contribution in [-0.4, -0.2) is 5.91 Å². The first kappa shape index (κ1) is 12.9. The first-order valence-electron chi connectivity index (χ1n) is 6.71. The lowest BCUT2D eigenvalue weighted by atomic mass is 9.86. The SMILES string of the molecule is CC1(C)C(=O)N(OCc2ccccc2)c2ccccc21. The number of benzene rings is 2. The van der Waals surface area contributed by atoms with Crippen LogP contribution < -0.4 is 5.06 Å². The molecule has 1 aliphatic rings. The fourth-order valence-electron chi connectivity index (χ4n) is 2.50. The van der Waals surface area contributed by atoms with Gasteiger partial charge >= 0.3 is 0 Å². The van der Waals surface area contributed by atoms with Gasteiger partial charge in [0.1, 0.15) is 6.61 Å². The number of carbonyl (C=O) groups excluding carboxylic acids is 1. The van der Waals surface area contributed by atoms with Gasteiger partial charge in [-0.2, -0.15) is 5.06 Å². The molecule has 1 aliphatic heterocycles. The Morgan fingerprint density at radius 3 is 2.40 bits per heavy atom. The second kappa shape index (κ2) is 4.76. The molecule has 0 bridgehead atoms. The molecule has 0 N–H and O–H groups in total. The van der Waals surface area contributed by atoms with Gasteiger partial charge in [-0.1, -0.05) is 48.5 Å². The largest absolute Gasteiger partial charge is 0.271 e. The molecule has 102 valence electrons. The van der Waals surface area contributed by atoms with Crippen LogP contribution in [0, 0.1) is 0 Å². The lowest BCUT2D eigenvalue weighted by Gasteiger charge is -2.19. The Kier molecular flexibility index (Phi) is 3.07. The highest BCUT2D eigenvalue weighted by atomic mass is 16.7. The second-order valence-electron chi connectivity index (χ2n) is 5.50. The van der Waals surface area contributed by atoms with Crippen LogP contribution >= 0.6 is 0 Å². The molecule has 3 nitrogen and oxygen atoms in total. The molecule has 0 aliphatic carbocycles. The van der Waals surface area contributed by atoms with Gasteiger partial charge in [-0.3, -0.25) is 9.63 Å². The van der Waals surface area contributed by atoms with Crippen molar-refractivity contribution in [3.63, 3.8) is 0 Å². The summed E-state index contributed by atoms with van der Waals surface area (Å²) in [5, 5.41) is 1.43. The summed E-state index contributed by atoms with van der Waals surface area (Å²) in [4.78, 5) is 18.3. The van der Waals surface area contributed by atoms with Gasteiger partial charge in [-0.25, -0.2) is 0 Å². The van der Waals surface area contributed by atoms with E-state index in [0.717, 1.165) is 16.8 Å². The molecule has 0 unspecified atom stereocenters. The molecule has 1 amide bonds. The third kappa shape index (κ3) is 2.00. The van der Waals surface area contributed by atoms with Crippen LogP contribution in [0.5, 0.6) is 0 Å². The van der Waals surface area contributed by atoms with Gasteiger partial charge in [0.25, 0.3) is 5.91 Å². The molecule has 20 heavy (non-hydrogen) atoms. The van der Waals surface area contributed by atoms with Crippen LogP contribution in [-0.2, 0) is 21.7 Å². The molecule has 0 aromatic heterocycles. The molecule has 1 heterocycles. The third-order valence-electron chi connectivity index (χ3n) is 3.72. The Morgan fingerprint density at radius 2 is 1.65 bits per heavy atom. The van der Waals surface area contributed by atoms with Crippen molar-refractivity contribution in [3.8, 4) is 0 Å². The van der Waals surface area contributed by atoms with Crippen molar-refractivity contribution in [1.82, 2.24) is 0 Å². The Morgan fingerprint density at radius 1 is 1.00 bits per heavy atom. The van der Waals surface area contributed by atoms with Crippen LogP contribution in [0.4, 0.5) is 5.69 Å². The van der Waals surface area contributed by atoms with E-state index in [1.165, 1.54) is 5.06 Å². The predicted molar refractivity (Wildman–Crippen MR) is 78.2 cm³/mol. The van der Waals surface area contributed by atoms with Gasteiger partial charge < -0.3 is 0 Å². The quantitative estimate of drug-likeness (QED) is 0.852. The molecular formula is C17H17NO2. The van der Waals surface area contributed by atoms with E-state index in [9.17, 15) is 4.79 Å². The maximum Gasteiger partial charge on any atom is 0.261 e. The first-order chi connectivity index (χ1) is 9.60. The first-order valence-corrected chi connectivity index (χ1v) is 6.71. The van der Waals surface area contributed by atoms with Gasteiger partial charge in [-0.05, 0) is 31.0 Å². The van der Waals surface area contributed by atoms with Crippen LogP contribution in [0.2, 0.25) is 0 Å². The van der Waals surface area contributed by atoms with Crippen molar-refractivity contribution in [2.75, 3.05) is 5.06 Å². The van der Waals surface area contributed by atoms with Crippen LogP contribution in [0.3, 0.4) is 0 Å². The summed E-state index contributed by atoms with van der Waals surface area (Å²) in [7, 11) is 0. The molecule has 0 saturated carbocycles. The van der Waals surface area contributed by atoms with Crippen LogP contribution in [0.15, 0.2) is 54.6 Å². The summed E-state index contributed by atoms with van der Waals surface area (Å²) in [6, 6.07) is 17.6. The van der Waals surface area contributed by atoms with Crippen LogP contribution in [0.1, 0.15) is 25.0 Å². The van der Waals surface area contributed by atoms with Crippen molar-refractivity contribution in [3.05, 3.63) is 65.7 Å². The zero-order valence-corrected chi connectivity index (χ0v) is 11.7. The topological polar surface area (TPSA) is 29.5 Å². The van der Waals surface area contributed by atoms with E-state index in [2.05, 4.69) is 0 Å². The second-order valence-corrected chi connectivity index (χ2v) is 5.50. The minimum absolute atomic E-state index is 0.0189. The number of anilines is 1. The van der Waals surface area contributed by atoms with Crippen molar-refractivity contribution in [2.24, 2.45) is 0 Å². The molecule has 2 aromatic rings. The number of fused-ring (bicyclic) bond motifs is 1. The smallest absolute Gasteiger partial charge is 0.261 e. The number of nitrogens with zero attached hydrogens (tertiary/aromatic N) is 1. The molecule has 0 atom stereocenters. The van der Waals surface area contributed by atoms with E-state index in [1.807, 2.05) is 68.4 Å². The third-order valence-corrected chi connectivity index (χ3v) is 3.72. The van der Waals surface area contributed by atoms with E-state index in [0.29, 0.717) is 6.61 Å². The summed E-state index contributed by atoms with van der Waals surface area (Å²) >= 11 is 0. The summed E-state index contributed by atoms with van der Waals surface area (Å²) in [5.74, 6) is -0.0189. The summed E-state index contributed by atoms with van der Waals surface area (Å²) < 4.78 is 0. The van der Waals surface area contributed by atoms with Gasteiger partial charge in [0, 0.05) is 0 Å². The number of hydrogen-bond acceptors (Lipinski definition) is 2. The van der Waals surface area contributed by atoms with E-state index in [4.69, 9.17) is 4.84 Å². The van der Waals surface area contributed by atoms with Crippen LogP contribution in [0.25, 0.3) is 0 Å². The highest BCUT2D eigenvalue weighted by molar-refractivity contribution is 6.05. The standard InChI is InChI=1S/C17H17NO2/c1-17(2)14-10-6-7-11-15(14)18(16(17)19)20-12-13-8-4-3-5-9-13/h3-11H,12H2,1-2H3. The van der Waals surface area contributed by atoms with E-state index in [1.54, 1.807) is 0 Å². The number of carbonyl (C=O) groups is 1. The van der Waals surface area contributed by atoms with Crippen molar-refractivity contribution >= 4 is 11.6 Å². The van der Waals surface area contributed by atoms with Crippen molar-refractivity contribution in [2.45, 2.75) is 25.9 Å². The summed E-state index contributed by atoms with van der Waals surface area (Å²) in [5.41, 5.74) is 2.37. The van der Waals surface area contributed by atoms with E-state index >= 15 is 0 Å². The average molecular weight is 267 g/mol. The predicted octanol–water partition coefficient (Wildman–Crippen LogP) is 3.44. The Labute approximate surface area is 118 Å². The highest BCUT2D eigenvalue weighted by Gasteiger charge is 2.44. The Bertz CT molecular complexity index is 634. The Hall–Kier alpha value is -2.13. The fourth-order valence-corrected chi connectivity index (χ4v) is 2.50. The molecule has 0 fully saturated rings. The minimum atomic E-state index is -0.534. The molecule has 0 saturated heterocycles. The monoisotopic (exact) mass is 267 g/mol. The molecule has 0 spiro atoms. The highest BCUT2D eigenvalue weighted by Crippen LogP contribution is 2.41. The summed E-state index contributed by atoms with van der Waals surface area (Å²) in [6.07, 6.45) is 0. The molecule has 3 rings (SSSR count). The maximum absolute atomic E-state index is 12.5. The van der Waals surface area contributed by atoms with E-state index < -0.39 is 5.41 Å². The van der Waals surface area contributed by atoms with Crippen molar-refractivity contribution in [1.29, 1.82) is 0 Å². The van der Waals surface area contributed by atoms with Gasteiger partial charge in [0.05, 0.1) is 11.1 Å². The lowest BCUT2D eigenvalue weighted by molar-refractivity contribution is -0.129. The number of hydrogen-bond donors (Lipinski definition) is 0. The van der Waals surface area contributed by atoms with E-state index in [-0.39, 0.29) is 5.91 Å². The average Bonchev–Trinajstić information content (AvgIpc) is 2.67. The molecule has 2 aromatic carbocycles. The fraction of sp³-hybridized carbons (Fsp3) is 0.235. The molecule has 0 radical (unpaired) electrons. The number of amides is 1. The van der Waals surface area contributed by atoms with Crippen molar-refractivity contribution < 1.29 is 9.63 Å². The zero-order chi connectivity index (χ0) is 14.2. The number of para-hydroxylation sites is 1. The Balaban J connectivity index is 1.86. The number of rotatable bonds is 3. The summed E-state index contributed by atoms with van der Waals surface area (Å²) in [6.45, 7) is 4.25. The normalized spacial score (nSPS) is 16.3. The maximum atomic E-state index is 12.5. The number of hydroxylamine groups is 1. The molecule has 3 heteroatoms. The zero-order valence-electron chi connectivity index (χ0n) is 11.7. The minimum Gasteiger partial charge on any atom is -0.271 e. The van der Waals surface area contributed by atoms with Gasteiger partial charge in [-0.15, -0.1) is 0 Å².